The molecule has 3 aromatic rings. The molecule has 6 heteroatoms. The number of carbonyl (C=O) groups is 1. The zero-order valence-electron chi connectivity index (χ0n) is 13.7. The van der Waals surface area contributed by atoms with Gasteiger partial charge in [-0.2, -0.15) is 0 Å². The fourth-order valence-electron chi connectivity index (χ4n) is 2.20. The van der Waals surface area contributed by atoms with E-state index >= 15 is 0 Å². The molecular formula is C18H17N3O2S. The quantitative estimate of drug-likeness (QED) is 0.714. The van der Waals surface area contributed by atoms with Crippen LogP contribution in [0.25, 0.3) is 0 Å². The molecule has 0 unspecified atom stereocenters. The number of nitrogens with zero attached hydrogens (tertiary/aromatic N) is 2. The van der Waals surface area contributed by atoms with Crippen LogP contribution in [0.15, 0.2) is 56.9 Å². The Morgan fingerprint density at radius 2 is 1.67 bits per heavy atom. The fraction of sp³-hybridized carbons (Fsp3) is 0.167. The molecule has 0 atom stereocenters. The molecule has 2 aromatic heterocycles. The molecule has 2 heterocycles. The molecule has 0 fully saturated rings. The van der Waals surface area contributed by atoms with Crippen LogP contribution in [0.2, 0.25) is 0 Å². The normalized spacial score (nSPS) is 10.6. The van der Waals surface area contributed by atoms with Crippen LogP contribution in [0.3, 0.4) is 0 Å². The van der Waals surface area contributed by atoms with Gasteiger partial charge in [-0.1, -0.05) is 0 Å². The first-order chi connectivity index (χ1) is 11.5. The smallest absolute Gasteiger partial charge is 0.291 e. The van der Waals surface area contributed by atoms with Gasteiger partial charge in [0.15, 0.2) is 10.9 Å². The molecule has 0 radical (unpaired) electrons. The molecule has 0 spiro atoms. The minimum atomic E-state index is -0.263. The maximum absolute atomic E-state index is 12.0. The highest BCUT2D eigenvalue weighted by molar-refractivity contribution is 7.99. The number of benzene rings is 1. The number of furan rings is 1. The number of rotatable bonds is 4. The molecule has 1 amide bonds. The Labute approximate surface area is 144 Å². The molecule has 1 aromatic carbocycles. The van der Waals surface area contributed by atoms with Gasteiger partial charge in [0.1, 0.15) is 5.76 Å². The van der Waals surface area contributed by atoms with Crippen LogP contribution in [0, 0.1) is 20.8 Å². The van der Waals surface area contributed by atoms with Crippen LogP contribution in [0.4, 0.5) is 5.69 Å². The van der Waals surface area contributed by atoms with Crippen LogP contribution in [-0.4, -0.2) is 15.9 Å². The van der Waals surface area contributed by atoms with Crippen molar-refractivity contribution in [1.82, 2.24) is 9.97 Å². The maximum atomic E-state index is 12.0. The number of carbonyl (C=O) groups excluding carboxylic acids is 1. The fourth-order valence-corrected chi connectivity index (χ4v) is 3.06. The van der Waals surface area contributed by atoms with Crippen molar-refractivity contribution in [3.8, 4) is 0 Å². The first kappa shape index (κ1) is 16.3. The second kappa shape index (κ2) is 6.88. The molecular weight excluding hydrogens is 322 g/mol. The van der Waals surface area contributed by atoms with Gasteiger partial charge in [-0.25, -0.2) is 9.97 Å². The van der Waals surface area contributed by atoms with Crippen molar-refractivity contribution in [2.45, 2.75) is 30.8 Å². The van der Waals surface area contributed by atoms with E-state index in [-0.39, 0.29) is 5.91 Å². The topological polar surface area (TPSA) is 68.0 Å². The van der Waals surface area contributed by atoms with Crippen LogP contribution in [0.1, 0.15) is 27.7 Å². The van der Waals surface area contributed by atoms with Crippen LogP contribution in [0.5, 0.6) is 0 Å². The summed E-state index contributed by atoms with van der Waals surface area (Å²) in [4.78, 5) is 21.9. The standard InChI is InChI=1S/C18H17N3O2S/c1-11-10-12(2)20-18(19-11)24-15-7-5-14(6-8-15)21-17(22)16-9-4-13(3)23-16/h4-10H,1-3H3,(H,21,22). The van der Waals surface area contributed by atoms with E-state index in [1.165, 1.54) is 11.8 Å². The van der Waals surface area contributed by atoms with Gasteiger partial charge in [-0.05, 0) is 75.0 Å². The second-order valence-corrected chi connectivity index (χ2v) is 6.46. The van der Waals surface area contributed by atoms with Crippen molar-refractivity contribution in [2.75, 3.05) is 5.32 Å². The molecule has 24 heavy (non-hydrogen) atoms. The molecule has 0 bridgehead atoms. The molecule has 122 valence electrons. The largest absolute Gasteiger partial charge is 0.456 e. The van der Waals surface area contributed by atoms with Crippen LogP contribution in [-0.2, 0) is 0 Å². The first-order valence-electron chi connectivity index (χ1n) is 7.47. The number of anilines is 1. The second-order valence-electron chi connectivity index (χ2n) is 5.42. The van der Waals surface area contributed by atoms with Crippen molar-refractivity contribution in [2.24, 2.45) is 0 Å². The summed E-state index contributed by atoms with van der Waals surface area (Å²) in [6.45, 7) is 5.71. The SMILES string of the molecule is Cc1cc(C)nc(Sc2ccc(NC(=O)c3ccc(C)o3)cc2)n1. The van der Waals surface area contributed by atoms with Gasteiger partial charge >= 0.3 is 0 Å². The predicted molar refractivity (Wildman–Crippen MR) is 93.5 cm³/mol. The number of hydrogen-bond acceptors (Lipinski definition) is 5. The number of hydrogen-bond donors (Lipinski definition) is 1. The summed E-state index contributed by atoms with van der Waals surface area (Å²) in [5, 5.41) is 3.53. The minimum Gasteiger partial charge on any atom is -0.456 e. The van der Waals surface area contributed by atoms with Crippen molar-refractivity contribution in [3.63, 3.8) is 0 Å². The van der Waals surface area contributed by atoms with Gasteiger partial charge in [0, 0.05) is 22.0 Å². The van der Waals surface area contributed by atoms with Crippen molar-refractivity contribution in [3.05, 3.63) is 65.4 Å². The number of aryl methyl sites for hydroxylation is 3. The van der Waals surface area contributed by atoms with Gasteiger partial charge in [0.2, 0.25) is 0 Å². The summed E-state index contributed by atoms with van der Waals surface area (Å²) in [5.41, 5.74) is 2.60. The summed E-state index contributed by atoms with van der Waals surface area (Å²) in [6, 6.07) is 12.9. The predicted octanol–water partition coefficient (Wildman–Crippen LogP) is 4.40. The molecule has 0 saturated carbocycles. The Morgan fingerprint density at radius 1 is 1.00 bits per heavy atom. The molecule has 0 aliphatic rings. The van der Waals surface area contributed by atoms with E-state index in [2.05, 4.69) is 15.3 Å². The molecule has 0 aliphatic carbocycles. The first-order valence-corrected chi connectivity index (χ1v) is 8.29. The van der Waals surface area contributed by atoms with E-state index in [0.717, 1.165) is 21.4 Å². The summed E-state index contributed by atoms with van der Waals surface area (Å²) in [6.07, 6.45) is 0. The van der Waals surface area contributed by atoms with E-state index in [4.69, 9.17) is 4.42 Å². The van der Waals surface area contributed by atoms with Gasteiger partial charge in [-0.3, -0.25) is 4.79 Å². The Kier molecular flexibility index (Phi) is 4.66. The maximum Gasteiger partial charge on any atom is 0.291 e. The molecule has 5 nitrogen and oxygen atoms in total. The van der Waals surface area contributed by atoms with E-state index in [0.29, 0.717) is 17.2 Å². The van der Waals surface area contributed by atoms with Gasteiger partial charge < -0.3 is 9.73 Å². The average Bonchev–Trinajstić information content (AvgIpc) is 2.95. The zero-order chi connectivity index (χ0) is 17.1. The van der Waals surface area contributed by atoms with Gasteiger partial charge in [0.05, 0.1) is 0 Å². The van der Waals surface area contributed by atoms with E-state index in [9.17, 15) is 4.79 Å². The lowest BCUT2D eigenvalue weighted by Gasteiger charge is -2.06. The van der Waals surface area contributed by atoms with Crippen LogP contribution >= 0.6 is 11.8 Å². The monoisotopic (exact) mass is 339 g/mol. The van der Waals surface area contributed by atoms with E-state index in [1.54, 1.807) is 19.1 Å². The van der Waals surface area contributed by atoms with Gasteiger partial charge in [-0.15, -0.1) is 0 Å². The number of nitrogens with one attached hydrogen (secondary N) is 1. The minimum absolute atomic E-state index is 0.263. The Bertz CT molecular complexity index is 852. The van der Waals surface area contributed by atoms with E-state index in [1.807, 2.05) is 44.2 Å². The third kappa shape index (κ3) is 4.02. The zero-order valence-corrected chi connectivity index (χ0v) is 14.5. The Hall–Kier alpha value is -2.60. The van der Waals surface area contributed by atoms with Crippen molar-refractivity contribution in [1.29, 1.82) is 0 Å². The molecule has 3 rings (SSSR count). The highest BCUT2D eigenvalue weighted by Gasteiger charge is 2.10. The number of aromatic nitrogens is 2. The lowest BCUT2D eigenvalue weighted by Crippen LogP contribution is -2.10. The van der Waals surface area contributed by atoms with Crippen molar-refractivity contribution >= 4 is 23.4 Å². The highest BCUT2D eigenvalue weighted by Crippen LogP contribution is 2.26. The summed E-state index contributed by atoms with van der Waals surface area (Å²) < 4.78 is 5.31. The summed E-state index contributed by atoms with van der Waals surface area (Å²) in [7, 11) is 0. The average molecular weight is 339 g/mol. The molecule has 0 saturated heterocycles. The van der Waals surface area contributed by atoms with Gasteiger partial charge in [0.25, 0.3) is 5.91 Å². The molecule has 0 aliphatic heterocycles. The Morgan fingerprint density at radius 3 is 2.25 bits per heavy atom. The van der Waals surface area contributed by atoms with Crippen LogP contribution < -0.4 is 5.32 Å². The third-order valence-corrected chi connectivity index (χ3v) is 4.12. The highest BCUT2D eigenvalue weighted by atomic mass is 32.2. The molecule has 1 N–H and O–H groups in total. The summed E-state index contributed by atoms with van der Waals surface area (Å²) >= 11 is 1.49. The lowest BCUT2D eigenvalue weighted by atomic mass is 10.3. The Balaban J connectivity index is 1.68. The number of amides is 1. The van der Waals surface area contributed by atoms with E-state index < -0.39 is 0 Å². The van der Waals surface area contributed by atoms with Crippen molar-refractivity contribution < 1.29 is 9.21 Å². The summed E-state index contributed by atoms with van der Waals surface area (Å²) in [5.74, 6) is 0.746. The lowest BCUT2D eigenvalue weighted by molar-refractivity contribution is 0.0995. The third-order valence-electron chi connectivity index (χ3n) is 3.25.